The van der Waals surface area contributed by atoms with Crippen LogP contribution in [-0.4, -0.2) is 24.6 Å². The molecule has 0 aliphatic heterocycles. The van der Waals surface area contributed by atoms with Crippen LogP contribution in [0.15, 0.2) is 83.3 Å². The van der Waals surface area contributed by atoms with E-state index >= 15 is 0 Å². The highest BCUT2D eigenvalue weighted by molar-refractivity contribution is 5.69. The lowest BCUT2D eigenvalue weighted by molar-refractivity contribution is -0.140. The number of carbonyl (C=O) groups excluding carboxylic acids is 1. The third-order valence-electron chi connectivity index (χ3n) is 6.17. The normalized spacial score (nSPS) is 10.8. The van der Waals surface area contributed by atoms with Crippen LogP contribution in [0.3, 0.4) is 0 Å². The van der Waals surface area contributed by atoms with E-state index in [2.05, 4.69) is 48.2 Å². The number of methoxy groups -OCH3 is 1. The largest absolute Gasteiger partial charge is 0.489 e. The van der Waals surface area contributed by atoms with Crippen LogP contribution in [0, 0.1) is 6.92 Å². The van der Waals surface area contributed by atoms with Crippen molar-refractivity contribution in [3.8, 4) is 17.0 Å². The number of aromatic nitrogens is 1. The van der Waals surface area contributed by atoms with Gasteiger partial charge in [0.15, 0.2) is 0 Å². The van der Waals surface area contributed by atoms with Crippen molar-refractivity contribution in [2.75, 3.05) is 18.6 Å². The van der Waals surface area contributed by atoms with Crippen molar-refractivity contribution in [1.82, 2.24) is 4.98 Å². The van der Waals surface area contributed by atoms with Crippen LogP contribution in [0.4, 0.5) is 6.01 Å². The predicted molar refractivity (Wildman–Crippen MR) is 146 cm³/mol. The van der Waals surface area contributed by atoms with E-state index in [1.807, 2.05) is 49.4 Å². The zero-order valence-electron chi connectivity index (χ0n) is 21.8. The van der Waals surface area contributed by atoms with Gasteiger partial charge in [-0.1, -0.05) is 73.7 Å². The number of ether oxygens (including phenoxy) is 2. The number of aryl methyl sites for hydroxylation is 2. The van der Waals surface area contributed by atoms with E-state index in [4.69, 9.17) is 18.9 Å². The van der Waals surface area contributed by atoms with E-state index < -0.39 is 0 Å². The minimum absolute atomic E-state index is 0.200. The molecule has 0 spiro atoms. The summed E-state index contributed by atoms with van der Waals surface area (Å²) in [6.45, 7) is 6.19. The van der Waals surface area contributed by atoms with Gasteiger partial charge >= 0.3 is 5.97 Å². The quantitative estimate of drug-likeness (QED) is 0.201. The maximum Gasteiger partial charge on any atom is 0.305 e. The van der Waals surface area contributed by atoms with Crippen LogP contribution >= 0.6 is 0 Å². The number of rotatable bonds is 12. The van der Waals surface area contributed by atoms with Crippen molar-refractivity contribution in [3.63, 3.8) is 0 Å². The molecule has 1 aromatic heterocycles. The van der Waals surface area contributed by atoms with Gasteiger partial charge in [0, 0.05) is 25.1 Å². The number of oxazole rings is 1. The van der Waals surface area contributed by atoms with Gasteiger partial charge in [-0.25, -0.2) is 0 Å². The second-order valence-electron chi connectivity index (χ2n) is 9.01. The van der Waals surface area contributed by atoms with Gasteiger partial charge in [-0.2, -0.15) is 4.98 Å². The van der Waals surface area contributed by atoms with E-state index in [0.29, 0.717) is 25.5 Å². The Morgan fingerprint density at radius 2 is 1.59 bits per heavy atom. The molecule has 0 saturated heterocycles. The summed E-state index contributed by atoms with van der Waals surface area (Å²) in [6.07, 6.45) is 2.03. The van der Waals surface area contributed by atoms with Crippen LogP contribution in [0.1, 0.15) is 42.2 Å². The third kappa shape index (κ3) is 7.23. The number of benzene rings is 3. The summed E-state index contributed by atoms with van der Waals surface area (Å²) in [5.74, 6) is 1.42. The monoisotopic (exact) mass is 498 g/mol. The molecule has 3 aromatic carbocycles. The van der Waals surface area contributed by atoms with E-state index in [0.717, 1.165) is 53.4 Å². The first-order chi connectivity index (χ1) is 18.1. The molecule has 6 heteroatoms. The summed E-state index contributed by atoms with van der Waals surface area (Å²) in [6, 6.07) is 27.1. The number of hydrogen-bond donors (Lipinski definition) is 0. The number of esters is 1. The molecule has 0 bridgehead atoms. The first-order valence-electron chi connectivity index (χ1n) is 12.7. The molecule has 0 atom stereocenters. The van der Waals surface area contributed by atoms with Gasteiger partial charge in [-0.3, -0.25) is 4.79 Å². The maximum absolute atomic E-state index is 11.3. The molecule has 0 amide bonds. The topological polar surface area (TPSA) is 64.8 Å². The second-order valence-corrected chi connectivity index (χ2v) is 9.01. The number of hydrogen-bond acceptors (Lipinski definition) is 6. The van der Waals surface area contributed by atoms with Crippen molar-refractivity contribution >= 4 is 12.0 Å². The molecule has 0 fully saturated rings. The lowest BCUT2D eigenvalue weighted by atomic mass is 10.1. The molecule has 37 heavy (non-hydrogen) atoms. The third-order valence-corrected chi connectivity index (χ3v) is 6.17. The van der Waals surface area contributed by atoms with Crippen LogP contribution < -0.4 is 9.64 Å². The zero-order valence-corrected chi connectivity index (χ0v) is 21.8. The maximum atomic E-state index is 11.3. The van der Waals surface area contributed by atoms with Gasteiger partial charge in [-0.05, 0) is 48.6 Å². The first kappa shape index (κ1) is 26.0. The number of anilines is 1. The predicted octanol–water partition coefficient (Wildman–Crippen LogP) is 6.75. The Morgan fingerprint density at radius 3 is 2.27 bits per heavy atom. The fourth-order valence-corrected chi connectivity index (χ4v) is 4.12. The Hall–Kier alpha value is -4.06. The first-order valence-corrected chi connectivity index (χ1v) is 12.7. The van der Waals surface area contributed by atoms with Crippen molar-refractivity contribution in [2.24, 2.45) is 0 Å². The van der Waals surface area contributed by atoms with Crippen LogP contribution in [0.2, 0.25) is 0 Å². The van der Waals surface area contributed by atoms with Crippen LogP contribution in [-0.2, 0) is 29.1 Å². The highest BCUT2D eigenvalue weighted by Gasteiger charge is 2.17. The Balaban J connectivity index is 1.34. The lowest BCUT2D eigenvalue weighted by Gasteiger charge is -2.20. The fraction of sp³-hybridized carbons (Fsp3) is 0.290. The summed E-state index contributed by atoms with van der Waals surface area (Å²) in [7, 11) is 1.41. The van der Waals surface area contributed by atoms with Gasteiger partial charge < -0.3 is 18.8 Å². The van der Waals surface area contributed by atoms with Crippen molar-refractivity contribution in [2.45, 2.75) is 46.3 Å². The smallest absolute Gasteiger partial charge is 0.305 e. The molecule has 4 aromatic rings. The molecule has 0 saturated carbocycles. The van der Waals surface area contributed by atoms with Gasteiger partial charge in [0.1, 0.15) is 23.8 Å². The summed E-state index contributed by atoms with van der Waals surface area (Å²) >= 11 is 0. The molecule has 0 aliphatic carbocycles. The molecule has 4 rings (SSSR count). The van der Waals surface area contributed by atoms with E-state index in [-0.39, 0.29) is 5.97 Å². The van der Waals surface area contributed by atoms with Gasteiger partial charge in [0.05, 0.1) is 7.11 Å². The summed E-state index contributed by atoms with van der Waals surface area (Å²) in [5, 5.41) is 0. The molecule has 0 aliphatic rings. The van der Waals surface area contributed by atoms with Gasteiger partial charge in [0.2, 0.25) is 0 Å². The Labute approximate surface area is 218 Å². The highest BCUT2D eigenvalue weighted by Crippen LogP contribution is 2.28. The summed E-state index contributed by atoms with van der Waals surface area (Å²) in [4.78, 5) is 18.3. The molecule has 0 unspecified atom stereocenters. The van der Waals surface area contributed by atoms with E-state index in [1.165, 1.54) is 12.7 Å². The Kier molecular flexibility index (Phi) is 8.98. The highest BCUT2D eigenvalue weighted by atomic mass is 16.5. The van der Waals surface area contributed by atoms with Crippen LogP contribution in [0.5, 0.6) is 5.75 Å². The number of carbonyl (C=O) groups is 1. The summed E-state index contributed by atoms with van der Waals surface area (Å²) < 4.78 is 16.7. The zero-order chi connectivity index (χ0) is 26.0. The average Bonchev–Trinajstić information content (AvgIpc) is 3.33. The number of nitrogens with zero attached hydrogens (tertiary/aromatic N) is 2. The Bertz CT molecular complexity index is 1270. The standard InChI is InChI=1S/C31H34N2O4/c1-4-20-33(31-32-30(23(2)37-31)27-8-6-5-7-9-27)21-25-10-12-26(13-11-25)22-36-28-17-14-24(15-18-28)16-19-29(34)35-3/h5-15,17-18H,4,16,19-22H2,1-3H3. The fourth-order valence-electron chi connectivity index (χ4n) is 4.12. The van der Waals surface area contributed by atoms with Crippen molar-refractivity contribution in [3.05, 3.63) is 101 Å². The Morgan fingerprint density at radius 1 is 0.919 bits per heavy atom. The molecule has 0 N–H and O–H groups in total. The summed E-state index contributed by atoms with van der Waals surface area (Å²) in [5.41, 5.74) is 5.31. The van der Waals surface area contributed by atoms with Crippen molar-refractivity contribution < 1.29 is 18.7 Å². The van der Waals surface area contributed by atoms with Gasteiger partial charge in [0.25, 0.3) is 6.01 Å². The molecule has 6 nitrogen and oxygen atoms in total. The minimum atomic E-state index is -0.200. The molecule has 1 heterocycles. The van der Waals surface area contributed by atoms with Gasteiger partial charge in [-0.15, -0.1) is 0 Å². The second kappa shape index (κ2) is 12.8. The lowest BCUT2D eigenvalue weighted by Crippen LogP contribution is -2.23. The molecule has 192 valence electrons. The molecular weight excluding hydrogens is 464 g/mol. The van der Waals surface area contributed by atoms with Crippen LogP contribution in [0.25, 0.3) is 11.3 Å². The van der Waals surface area contributed by atoms with E-state index in [9.17, 15) is 4.79 Å². The van der Waals surface area contributed by atoms with E-state index in [1.54, 1.807) is 0 Å². The molecule has 0 radical (unpaired) electrons. The van der Waals surface area contributed by atoms with Crippen molar-refractivity contribution in [1.29, 1.82) is 0 Å². The average molecular weight is 499 g/mol. The SMILES string of the molecule is CCCN(Cc1ccc(COc2ccc(CCC(=O)OC)cc2)cc1)c1nc(-c2ccccc2)c(C)o1. The molecular formula is C31H34N2O4. The minimum Gasteiger partial charge on any atom is -0.489 e.